The number of carbonyl (C=O) groups excluding carboxylic acids is 5. The third-order valence-corrected chi connectivity index (χ3v) is 5.19. The molecule has 1 aliphatic heterocycles. The molecule has 1 aromatic rings. The Labute approximate surface area is 167 Å². The molecule has 1 heterocycles. The number of ether oxygens (including phenoxy) is 2. The van der Waals surface area contributed by atoms with Gasteiger partial charge in [0.25, 0.3) is 5.91 Å². The van der Waals surface area contributed by atoms with Crippen molar-refractivity contribution in [2.75, 3.05) is 25.6 Å². The number of nitrogens with one attached hydrogen (secondary N) is 1. The van der Waals surface area contributed by atoms with Gasteiger partial charge in [-0.25, -0.2) is 4.79 Å². The summed E-state index contributed by atoms with van der Waals surface area (Å²) in [6.07, 6.45) is 3.10. The Hall–Kier alpha value is -3.23. The van der Waals surface area contributed by atoms with E-state index >= 15 is 0 Å². The summed E-state index contributed by atoms with van der Waals surface area (Å²) in [6, 6.07) is 6.23. The molecule has 1 saturated carbocycles. The van der Waals surface area contributed by atoms with Gasteiger partial charge in [0.05, 0.1) is 30.2 Å². The van der Waals surface area contributed by atoms with Gasteiger partial charge in [0.2, 0.25) is 11.8 Å². The van der Waals surface area contributed by atoms with E-state index in [1.807, 2.05) is 0 Å². The molecular weight excluding hydrogens is 380 g/mol. The molecule has 1 aliphatic carbocycles. The van der Waals surface area contributed by atoms with E-state index in [4.69, 9.17) is 4.74 Å². The van der Waals surface area contributed by atoms with Crippen LogP contribution in [0.4, 0.5) is 5.69 Å². The number of carbonyl (C=O) groups is 5. The summed E-state index contributed by atoms with van der Waals surface area (Å²) in [4.78, 5) is 61.5. The van der Waals surface area contributed by atoms with Gasteiger partial charge in [0, 0.05) is 0 Å². The summed E-state index contributed by atoms with van der Waals surface area (Å²) >= 11 is 0. The average Bonchev–Trinajstić information content (AvgIpc) is 2.97. The first-order valence-electron chi connectivity index (χ1n) is 9.40. The summed E-state index contributed by atoms with van der Waals surface area (Å²) in [5.74, 6) is -3.50. The molecule has 2 fully saturated rings. The van der Waals surface area contributed by atoms with Crippen LogP contribution in [0, 0.1) is 11.8 Å². The third-order valence-electron chi connectivity index (χ3n) is 5.19. The number of hydrogen-bond donors (Lipinski definition) is 1. The molecule has 9 heteroatoms. The number of esters is 2. The molecule has 1 saturated heterocycles. The van der Waals surface area contributed by atoms with Gasteiger partial charge in [-0.05, 0) is 25.0 Å². The van der Waals surface area contributed by atoms with Crippen molar-refractivity contribution in [3.05, 3.63) is 29.8 Å². The molecule has 154 valence electrons. The van der Waals surface area contributed by atoms with Crippen LogP contribution >= 0.6 is 0 Å². The quantitative estimate of drug-likeness (QED) is 0.559. The van der Waals surface area contributed by atoms with Crippen LogP contribution in [0.15, 0.2) is 24.3 Å². The van der Waals surface area contributed by atoms with E-state index in [1.54, 1.807) is 12.1 Å². The summed E-state index contributed by atoms with van der Waals surface area (Å²) < 4.78 is 9.55. The third kappa shape index (κ3) is 4.44. The van der Waals surface area contributed by atoms with Crippen LogP contribution in [-0.4, -0.2) is 54.8 Å². The largest absolute Gasteiger partial charge is 0.465 e. The molecule has 29 heavy (non-hydrogen) atoms. The molecular formula is C20H22N2O7. The average molecular weight is 402 g/mol. The maximum Gasteiger partial charge on any atom is 0.339 e. The standard InChI is InChI=1S/C20H22N2O7/c1-28-20(27)14-8-4-5-9-15(14)21-16(23)11-29-17(24)10-22-18(25)12-6-2-3-7-13(12)19(22)26/h4-5,8-9,12-13H,2-3,6-7,10-11H2,1H3,(H,21,23)/t12-,13-/m0/s1. The lowest BCUT2D eigenvalue weighted by molar-refractivity contribution is -0.154. The highest BCUT2D eigenvalue weighted by Gasteiger charge is 2.48. The van der Waals surface area contributed by atoms with Crippen molar-refractivity contribution in [3.63, 3.8) is 0 Å². The zero-order valence-corrected chi connectivity index (χ0v) is 16.0. The first-order valence-corrected chi connectivity index (χ1v) is 9.40. The maximum absolute atomic E-state index is 12.4. The SMILES string of the molecule is COC(=O)c1ccccc1NC(=O)COC(=O)CN1C(=O)[C@H]2CCCC[C@@H]2C1=O. The number of para-hydroxylation sites is 1. The highest BCUT2D eigenvalue weighted by Crippen LogP contribution is 2.37. The van der Waals surface area contributed by atoms with Gasteiger partial charge in [-0.15, -0.1) is 0 Å². The van der Waals surface area contributed by atoms with Gasteiger partial charge in [0.15, 0.2) is 6.61 Å². The molecule has 1 N–H and O–H groups in total. The second-order valence-corrected chi connectivity index (χ2v) is 7.01. The van der Waals surface area contributed by atoms with E-state index in [9.17, 15) is 24.0 Å². The number of imide groups is 1. The fraction of sp³-hybridized carbons (Fsp3) is 0.450. The van der Waals surface area contributed by atoms with Crippen LogP contribution in [0.2, 0.25) is 0 Å². The van der Waals surface area contributed by atoms with Crippen LogP contribution in [0.1, 0.15) is 36.0 Å². The number of hydrogen-bond acceptors (Lipinski definition) is 7. The fourth-order valence-corrected chi connectivity index (χ4v) is 3.77. The Bertz CT molecular complexity index is 827. The van der Waals surface area contributed by atoms with Gasteiger partial charge in [-0.2, -0.15) is 0 Å². The van der Waals surface area contributed by atoms with Gasteiger partial charge in [-0.1, -0.05) is 25.0 Å². The van der Waals surface area contributed by atoms with Crippen molar-refractivity contribution in [1.82, 2.24) is 4.90 Å². The number of rotatable bonds is 6. The zero-order chi connectivity index (χ0) is 21.0. The monoisotopic (exact) mass is 402 g/mol. The van der Waals surface area contributed by atoms with Gasteiger partial charge < -0.3 is 14.8 Å². The topological polar surface area (TPSA) is 119 Å². The van der Waals surface area contributed by atoms with E-state index in [0.717, 1.165) is 17.7 Å². The number of benzene rings is 1. The van der Waals surface area contributed by atoms with Crippen molar-refractivity contribution >= 4 is 35.3 Å². The van der Waals surface area contributed by atoms with Crippen LogP contribution < -0.4 is 5.32 Å². The van der Waals surface area contributed by atoms with Crippen LogP contribution in [0.5, 0.6) is 0 Å². The van der Waals surface area contributed by atoms with E-state index in [2.05, 4.69) is 10.1 Å². The maximum atomic E-state index is 12.4. The Balaban J connectivity index is 1.52. The number of methoxy groups -OCH3 is 1. The minimum absolute atomic E-state index is 0.158. The summed E-state index contributed by atoms with van der Waals surface area (Å²) in [5.41, 5.74) is 0.375. The molecule has 0 aromatic heterocycles. The highest BCUT2D eigenvalue weighted by atomic mass is 16.5. The Morgan fingerprint density at radius 3 is 2.31 bits per heavy atom. The molecule has 3 rings (SSSR count). The van der Waals surface area contributed by atoms with E-state index in [-0.39, 0.29) is 34.9 Å². The van der Waals surface area contributed by atoms with E-state index in [0.29, 0.717) is 12.8 Å². The molecule has 2 aliphatic rings. The number of anilines is 1. The Kier molecular flexibility index (Phi) is 6.26. The molecule has 2 atom stereocenters. The molecule has 3 amide bonds. The Morgan fingerprint density at radius 2 is 1.69 bits per heavy atom. The Morgan fingerprint density at radius 1 is 1.07 bits per heavy atom. The number of likely N-dealkylation sites (tertiary alicyclic amines) is 1. The molecule has 0 spiro atoms. The van der Waals surface area contributed by atoms with E-state index < -0.39 is 31.0 Å². The van der Waals surface area contributed by atoms with Crippen molar-refractivity contribution in [2.24, 2.45) is 11.8 Å². The van der Waals surface area contributed by atoms with Gasteiger partial charge in [0.1, 0.15) is 6.54 Å². The second-order valence-electron chi connectivity index (χ2n) is 7.01. The number of fused-ring (bicyclic) bond motifs is 1. The normalized spacial score (nSPS) is 20.8. The first-order chi connectivity index (χ1) is 13.9. The lowest BCUT2D eigenvalue weighted by Crippen LogP contribution is -2.37. The predicted molar refractivity (Wildman–Crippen MR) is 99.5 cm³/mol. The molecule has 0 unspecified atom stereocenters. The first kappa shape index (κ1) is 20.5. The van der Waals surface area contributed by atoms with Crippen molar-refractivity contribution in [2.45, 2.75) is 25.7 Å². The van der Waals surface area contributed by atoms with Crippen molar-refractivity contribution in [1.29, 1.82) is 0 Å². The predicted octanol–water partition coefficient (Wildman–Crippen LogP) is 1.13. The van der Waals surface area contributed by atoms with Crippen LogP contribution in [0.25, 0.3) is 0 Å². The van der Waals surface area contributed by atoms with Crippen molar-refractivity contribution in [3.8, 4) is 0 Å². The molecule has 9 nitrogen and oxygen atoms in total. The number of amides is 3. The van der Waals surface area contributed by atoms with Crippen LogP contribution in [0.3, 0.4) is 0 Å². The minimum atomic E-state index is -0.846. The molecule has 0 radical (unpaired) electrons. The highest BCUT2D eigenvalue weighted by molar-refractivity contribution is 6.07. The summed E-state index contributed by atoms with van der Waals surface area (Å²) in [7, 11) is 1.22. The second kappa shape index (κ2) is 8.85. The van der Waals surface area contributed by atoms with E-state index in [1.165, 1.54) is 19.2 Å². The minimum Gasteiger partial charge on any atom is -0.465 e. The zero-order valence-electron chi connectivity index (χ0n) is 16.0. The van der Waals surface area contributed by atoms with Gasteiger partial charge >= 0.3 is 11.9 Å². The molecule has 1 aromatic carbocycles. The molecule has 0 bridgehead atoms. The summed E-state index contributed by atoms with van der Waals surface area (Å²) in [5, 5.41) is 2.47. The van der Waals surface area contributed by atoms with Crippen LogP contribution in [-0.2, 0) is 28.7 Å². The summed E-state index contributed by atoms with van der Waals surface area (Å²) in [6.45, 7) is -1.12. The lowest BCUT2D eigenvalue weighted by Gasteiger charge is -2.19. The fourth-order valence-electron chi connectivity index (χ4n) is 3.77. The smallest absolute Gasteiger partial charge is 0.339 e. The number of nitrogens with zero attached hydrogens (tertiary/aromatic N) is 1. The van der Waals surface area contributed by atoms with Gasteiger partial charge in [-0.3, -0.25) is 24.1 Å². The lowest BCUT2D eigenvalue weighted by atomic mass is 9.81. The van der Waals surface area contributed by atoms with Crippen molar-refractivity contribution < 1.29 is 33.4 Å².